The average molecular weight is 482 g/mol. The first-order valence-electron chi connectivity index (χ1n) is 11.6. The van der Waals surface area contributed by atoms with Crippen molar-refractivity contribution < 1.29 is 9.53 Å². The molecule has 2 heterocycles. The van der Waals surface area contributed by atoms with Crippen molar-refractivity contribution in [3.05, 3.63) is 78.4 Å². The molecule has 0 bridgehead atoms. The van der Waals surface area contributed by atoms with E-state index in [0.29, 0.717) is 29.4 Å². The highest BCUT2D eigenvalue weighted by Gasteiger charge is 2.16. The van der Waals surface area contributed by atoms with Gasteiger partial charge in [-0.25, -0.2) is 0 Å². The number of likely N-dealkylation sites (N-methyl/N-ethyl adjacent to an activating group) is 1. The minimum absolute atomic E-state index is 0.116. The monoisotopic (exact) mass is 481 g/mol. The molecule has 36 heavy (non-hydrogen) atoms. The van der Waals surface area contributed by atoms with Crippen LogP contribution in [0, 0.1) is 0 Å². The number of rotatable bonds is 8. The van der Waals surface area contributed by atoms with Gasteiger partial charge in [0.05, 0.1) is 7.11 Å². The minimum atomic E-state index is -0.116. The molecule has 182 valence electrons. The number of aromatic nitrogens is 4. The lowest BCUT2D eigenvalue weighted by Crippen LogP contribution is -2.31. The number of methoxy groups -OCH3 is 1. The number of fused-ring (bicyclic) bond motifs is 3. The second kappa shape index (κ2) is 10.0. The predicted octanol–water partition coefficient (Wildman–Crippen LogP) is 3.99. The summed E-state index contributed by atoms with van der Waals surface area (Å²) < 4.78 is 7.02. The van der Waals surface area contributed by atoms with Gasteiger partial charge in [0.15, 0.2) is 17.3 Å². The molecular formula is C27H27N7O2. The van der Waals surface area contributed by atoms with E-state index in [9.17, 15) is 4.79 Å². The molecule has 9 heteroatoms. The number of hydrogen-bond acceptors (Lipinski definition) is 7. The van der Waals surface area contributed by atoms with Gasteiger partial charge >= 0.3 is 0 Å². The molecule has 0 unspecified atom stereocenters. The summed E-state index contributed by atoms with van der Waals surface area (Å²) in [7, 11) is 5.58. The summed E-state index contributed by atoms with van der Waals surface area (Å²) in [5.74, 6) is 1.90. The predicted molar refractivity (Wildman–Crippen MR) is 141 cm³/mol. The van der Waals surface area contributed by atoms with Crippen molar-refractivity contribution in [2.24, 2.45) is 0 Å². The Hall–Kier alpha value is -4.50. The molecule has 9 nitrogen and oxygen atoms in total. The molecule has 0 saturated heterocycles. The number of nitrogens with zero attached hydrogens (tertiary/aromatic N) is 5. The van der Waals surface area contributed by atoms with E-state index in [2.05, 4.69) is 20.8 Å². The molecule has 0 aliphatic heterocycles. The van der Waals surface area contributed by atoms with Crippen molar-refractivity contribution in [3.63, 3.8) is 0 Å². The Bertz CT molecular complexity index is 1530. The van der Waals surface area contributed by atoms with Crippen LogP contribution >= 0.6 is 0 Å². The summed E-state index contributed by atoms with van der Waals surface area (Å²) in [6.07, 6.45) is 0. The summed E-state index contributed by atoms with van der Waals surface area (Å²) in [5, 5.41) is 21.9. The number of carbonyl (C=O) groups is 1. The zero-order valence-corrected chi connectivity index (χ0v) is 20.4. The fourth-order valence-electron chi connectivity index (χ4n) is 3.96. The van der Waals surface area contributed by atoms with E-state index in [0.717, 1.165) is 34.3 Å². The lowest BCUT2D eigenvalue weighted by molar-refractivity contribution is 0.0951. The Kier molecular flexibility index (Phi) is 6.46. The highest BCUT2D eigenvalue weighted by Crippen LogP contribution is 2.30. The molecule has 0 aliphatic rings. The molecule has 0 saturated carbocycles. The van der Waals surface area contributed by atoms with Crippen molar-refractivity contribution >= 4 is 33.8 Å². The fraction of sp³-hybridized carbons (Fsp3) is 0.185. The van der Waals surface area contributed by atoms with Crippen LogP contribution in [-0.2, 0) is 0 Å². The third kappa shape index (κ3) is 4.69. The minimum Gasteiger partial charge on any atom is -0.497 e. The SMILES string of the molecule is COc1ccc(-c2nnc3c4ccccc4c(Nc4cccc(C(=O)NCCN(C)C)c4)nn23)cc1. The van der Waals surface area contributed by atoms with Crippen LogP contribution in [-0.4, -0.2) is 64.9 Å². The van der Waals surface area contributed by atoms with Gasteiger partial charge in [0.25, 0.3) is 5.91 Å². The van der Waals surface area contributed by atoms with Crippen molar-refractivity contribution in [2.45, 2.75) is 0 Å². The quantitative estimate of drug-likeness (QED) is 0.346. The van der Waals surface area contributed by atoms with Crippen molar-refractivity contribution in [1.29, 1.82) is 0 Å². The smallest absolute Gasteiger partial charge is 0.251 e. The maximum absolute atomic E-state index is 12.6. The first-order valence-corrected chi connectivity index (χ1v) is 11.6. The Morgan fingerprint density at radius 1 is 0.972 bits per heavy atom. The molecule has 5 aromatic rings. The van der Waals surface area contributed by atoms with Gasteiger partial charge in [-0.05, 0) is 56.6 Å². The average Bonchev–Trinajstić information content (AvgIpc) is 3.33. The zero-order valence-electron chi connectivity index (χ0n) is 20.4. The molecule has 5 rings (SSSR count). The topological polar surface area (TPSA) is 96.7 Å². The van der Waals surface area contributed by atoms with E-state index in [4.69, 9.17) is 9.84 Å². The summed E-state index contributed by atoms with van der Waals surface area (Å²) in [4.78, 5) is 14.7. The first kappa shape index (κ1) is 23.3. The van der Waals surface area contributed by atoms with Gasteiger partial charge in [-0.3, -0.25) is 4.79 Å². The van der Waals surface area contributed by atoms with Crippen molar-refractivity contribution in [3.8, 4) is 17.1 Å². The molecule has 0 spiro atoms. The maximum atomic E-state index is 12.6. The Morgan fingerprint density at radius 3 is 2.50 bits per heavy atom. The molecule has 0 fully saturated rings. The molecule has 2 N–H and O–H groups in total. The van der Waals surface area contributed by atoms with Crippen molar-refractivity contribution in [2.75, 3.05) is 39.6 Å². The number of anilines is 2. The van der Waals surface area contributed by atoms with Crippen LogP contribution < -0.4 is 15.4 Å². The number of hydrogen-bond donors (Lipinski definition) is 2. The molecular weight excluding hydrogens is 454 g/mol. The number of ether oxygens (including phenoxy) is 1. The van der Waals surface area contributed by atoms with Crippen LogP contribution in [0.25, 0.3) is 27.8 Å². The fourth-order valence-corrected chi connectivity index (χ4v) is 3.96. The van der Waals surface area contributed by atoms with Crippen LogP contribution in [0.15, 0.2) is 72.8 Å². The lowest BCUT2D eigenvalue weighted by atomic mass is 10.1. The molecule has 3 aromatic carbocycles. The van der Waals surface area contributed by atoms with Gasteiger partial charge in [0.2, 0.25) is 0 Å². The summed E-state index contributed by atoms with van der Waals surface area (Å²) in [6, 6.07) is 22.9. The number of nitrogens with one attached hydrogen (secondary N) is 2. The van der Waals surface area contributed by atoms with Crippen LogP contribution in [0.4, 0.5) is 11.5 Å². The number of amides is 1. The molecule has 2 aromatic heterocycles. The Morgan fingerprint density at radius 2 is 1.75 bits per heavy atom. The summed E-state index contributed by atoms with van der Waals surface area (Å²) >= 11 is 0. The van der Waals surface area contributed by atoms with Crippen LogP contribution in [0.5, 0.6) is 5.75 Å². The van der Waals surface area contributed by atoms with E-state index in [1.807, 2.05) is 85.7 Å². The van der Waals surface area contributed by atoms with Crippen LogP contribution in [0.1, 0.15) is 10.4 Å². The van der Waals surface area contributed by atoms with Gasteiger partial charge in [0, 0.05) is 40.7 Å². The largest absolute Gasteiger partial charge is 0.497 e. The van der Waals surface area contributed by atoms with Gasteiger partial charge in [-0.15, -0.1) is 15.3 Å². The molecule has 0 aliphatic carbocycles. The zero-order chi connectivity index (χ0) is 25.1. The summed E-state index contributed by atoms with van der Waals surface area (Å²) in [6.45, 7) is 1.35. The van der Waals surface area contributed by atoms with Crippen molar-refractivity contribution in [1.82, 2.24) is 30.0 Å². The normalized spacial score (nSPS) is 11.2. The third-order valence-corrected chi connectivity index (χ3v) is 5.84. The molecule has 0 atom stereocenters. The van der Waals surface area contributed by atoms with Crippen LogP contribution in [0.2, 0.25) is 0 Å². The Balaban J connectivity index is 1.51. The molecule has 1 amide bonds. The first-order chi connectivity index (χ1) is 17.5. The third-order valence-electron chi connectivity index (χ3n) is 5.84. The van der Waals surface area contributed by atoms with Gasteiger partial charge < -0.3 is 20.3 Å². The van der Waals surface area contributed by atoms with Gasteiger partial charge in [-0.1, -0.05) is 30.3 Å². The highest BCUT2D eigenvalue weighted by atomic mass is 16.5. The van der Waals surface area contributed by atoms with E-state index in [-0.39, 0.29) is 5.91 Å². The van der Waals surface area contributed by atoms with Gasteiger partial charge in [0.1, 0.15) is 5.75 Å². The van der Waals surface area contributed by atoms with E-state index in [1.54, 1.807) is 17.7 Å². The van der Waals surface area contributed by atoms with E-state index >= 15 is 0 Å². The van der Waals surface area contributed by atoms with Gasteiger partial charge in [-0.2, -0.15) is 4.52 Å². The standard InChI is InChI=1S/C27H27N7O2/c1-33(2)16-15-28-27(35)19-7-6-8-20(17-19)29-24-22-9-4-5-10-23(22)26-31-30-25(34(26)32-24)18-11-13-21(36-3)14-12-18/h4-14,17H,15-16H2,1-3H3,(H,28,35)(H,29,32). The van der Waals surface area contributed by atoms with E-state index in [1.165, 1.54) is 0 Å². The number of carbonyl (C=O) groups excluding carboxylic acids is 1. The summed E-state index contributed by atoms with van der Waals surface area (Å²) in [5.41, 5.74) is 2.86. The van der Waals surface area contributed by atoms with Crippen LogP contribution in [0.3, 0.4) is 0 Å². The second-order valence-corrected chi connectivity index (χ2v) is 8.65. The van der Waals surface area contributed by atoms with E-state index < -0.39 is 0 Å². The maximum Gasteiger partial charge on any atom is 0.251 e. The lowest BCUT2D eigenvalue weighted by Gasteiger charge is -2.13. The second-order valence-electron chi connectivity index (χ2n) is 8.65. The molecule has 0 radical (unpaired) electrons. The number of benzene rings is 3. The highest BCUT2D eigenvalue weighted by molar-refractivity contribution is 6.01. The Labute approximate surface area is 208 Å².